The number of primary amides is 1. The number of nitrogens with two attached hydrogens (primary N) is 1. The Balaban J connectivity index is 3.26. The Labute approximate surface area is 71.4 Å². The molecule has 6 heteroatoms. The van der Waals surface area contributed by atoms with E-state index in [1.165, 1.54) is 0 Å². The summed E-state index contributed by atoms with van der Waals surface area (Å²) in [5.41, 5.74) is 3.36. The smallest absolute Gasteiger partial charge is 0.267 e. The first kappa shape index (κ1) is 9.50. The molecule has 0 aliphatic carbocycles. The van der Waals surface area contributed by atoms with Crippen molar-refractivity contribution in [2.75, 3.05) is 0 Å². The minimum Gasteiger partial charge on any atom is -0.364 e. The number of aromatic nitrogens is 1. The Hall–Kier alpha value is -1.59. The van der Waals surface area contributed by atoms with E-state index in [1.54, 1.807) is 0 Å². The summed E-state index contributed by atoms with van der Waals surface area (Å²) in [5, 5.41) is 0. The highest BCUT2D eigenvalue weighted by Gasteiger charge is 2.18. The van der Waals surface area contributed by atoms with Gasteiger partial charge in [0.05, 0.1) is 11.8 Å². The highest BCUT2D eigenvalue weighted by Crippen LogP contribution is 2.21. The lowest BCUT2D eigenvalue weighted by Gasteiger charge is -2.03. The largest absolute Gasteiger partial charge is 0.364 e. The highest BCUT2D eigenvalue weighted by atomic mass is 19.3. The van der Waals surface area contributed by atoms with E-state index < -0.39 is 29.4 Å². The molecule has 1 heterocycles. The number of amides is 1. The summed E-state index contributed by atoms with van der Waals surface area (Å²) in [4.78, 5) is 13.7. The molecule has 0 aliphatic rings. The van der Waals surface area contributed by atoms with E-state index in [0.717, 1.165) is 0 Å². The van der Waals surface area contributed by atoms with Crippen LogP contribution in [0.25, 0.3) is 0 Å². The van der Waals surface area contributed by atoms with Crippen molar-refractivity contribution in [3.63, 3.8) is 0 Å². The fourth-order valence-electron chi connectivity index (χ4n) is 0.827. The Kier molecular flexibility index (Phi) is 2.50. The summed E-state index contributed by atoms with van der Waals surface area (Å²) in [7, 11) is 0. The Morgan fingerprint density at radius 3 is 2.62 bits per heavy atom. The maximum absolute atomic E-state index is 12.4. The second-order valence-electron chi connectivity index (χ2n) is 2.26. The van der Waals surface area contributed by atoms with Crippen LogP contribution in [-0.2, 0) is 0 Å². The fourth-order valence-corrected chi connectivity index (χ4v) is 0.827. The number of hydrogen-bond acceptors (Lipinski definition) is 2. The van der Waals surface area contributed by atoms with Crippen LogP contribution >= 0.6 is 0 Å². The molecule has 13 heavy (non-hydrogen) atoms. The first-order valence-electron chi connectivity index (χ1n) is 3.25. The van der Waals surface area contributed by atoms with Gasteiger partial charge in [0, 0.05) is 0 Å². The number of hydrogen-bond donors (Lipinski definition) is 1. The normalized spacial score (nSPS) is 10.5. The van der Waals surface area contributed by atoms with Crippen LogP contribution in [0.2, 0.25) is 0 Å². The van der Waals surface area contributed by atoms with E-state index >= 15 is 0 Å². The predicted octanol–water partition coefficient (Wildman–Crippen LogP) is 1.26. The lowest BCUT2D eigenvalue weighted by atomic mass is 10.2. The van der Waals surface area contributed by atoms with Gasteiger partial charge in [0.1, 0.15) is 11.5 Å². The molecule has 0 unspecified atom stereocenters. The maximum atomic E-state index is 12.4. The van der Waals surface area contributed by atoms with Crippen molar-refractivity contribution >= 4 is 5.91 Å². The van der Waals surface area contributed by atoms with Gasteiger partial charge in [-0.25, -0.2) is 18.2 Å². The van der Waals surface area contributed by atoms with E-state index in [0.29, 0.717) is 12.3 Å². The third kappa shape index (κ3) is 1.95. The van der Waals surface area contributed by atoms with Crippen molar-refractivity contribution in [3.05, 3.63) is 29.3 Å². The van der Waals surface area contributed by atoms with Crippen molar-refractivity contribution in [1.82, 2.24) is 4.98 Å². The van der Waals surface area contributed by atoms with Crippen molar-refractivity contribution in [2.24, 2.45) is 5.73 Å². The van der Waals surface area contributed by atoms with E-state index in [4.69, 9.17) is 5.73 Å². The monoisotopic (exact) mass is 190 g/mol. The molecule has 1 aromatic rings. The van der Waals surface area contributed by atoms with Crippen molar-refractivity contribution in [1.29, 1.82) is 0 Å². The van der Waals surface area contributed by atoms with E-state index in [9.17, 15) is 18.0 Å². The number of carbonyl (C=O) groups is 1. The summed E-state index contributed by atoms with van der Waals surface area (Å²) < 4.78 is 36.7. The van der Waals surface area contributed by atoms with E-state index in [-0.39, 0.29) is 0 Å². The number of pyridine rings is 1. The SMILES string of the molecule is NC(=O)c1ncc(F)cc1C(F)F. The Bertz CT molecular complexity index is 341. The van der Waals surface area contributed by atoms with Gasteiger partial charge in [0.2, 0.25) is 0 Å². The standard InChI is InChI=1S/C7H5F3N2O/c8-3-1-4(6(9)10)5(7(11)13)12-2-3/h1-2,6H,(H2,11,13). The molecular weight excluding hydrogens is 185 g/mol. The summed E-state index contributed by atoms with van der Waals surface area (Å²) >= 11 is 0. The molecule has 0 fully saturated rings. The second-order valence-corrected chi connectivity index (χ2v) is 2.26. The molecule has 1 amide bonds. The third-order valence-electron chi connectivity index (χ3n) is 1.35. The van der Waals surface area contributed by atoms with Crippen LogP contribution in [0.15, 0.2) is 12.3 Å². The molecule has 0 spiro atoms. The molecule has 2 N–H and O–H groups in total. The van der Waals surface area contributed by atoms with Gasteiger partial charge in [0.15, 0.2) is 0 Å². The van der Waals surface area contributed by atoms with Gasteiger partial charge < -0.3 is 5.73 Å². The van der Waals surface area contributed by atoms with Crippen LogP contribution in [0.3, 0.4) is 0 Å². The first-order valence-corrected chi connectivity index (χ1v) is 3.25. The first-order chi connectivity index (χ1) is 6.02. The van der Waals surface area contributed by atoms with Gasteiger partial charge in [-0.3, -0.25) is 4.79 Å². The molecule has 0 saturated heterocycles. The molecule has 3 nitrogen and oxygen atoms in total. The molecular formula is C7H5F3N2O. The molecule has 1 aromatic heterocycles. The zero-order valence-corrected chi connectivity index (χ0v) is 6.30. The number of alkyl halides is 2. The highest BCUT2D eigenvalue weighted by molar-refractivity contribution is 5.92. The number of carbonyl (C=O) groups excluding carboxylic acids is 1. The van der Waals surface area contributed by atoms with Crippen LogP contribution in [0.5, 0.6) is 0 Å². The molecule has 0 radical (unpaired) electrons. The minimum atomic E-state index is -2.97. The van der Waals surface area contributed by atoms with Crippen LogP contribution in [0.4, 0.5) is 13.2 Å². The van der Waals surface area contributed by atoms with Gasteiger partial charge in [-0.05, 0) is 6.07 Å². The Morgan fingerprint density at radius 2 is 2.15 bits per heavy atom. The molecule has 0 aromatic carbocycles. The summed E-state index contributed by atoms with van der Waals surface area (Å²) in [6.45, 7) is 0. The van der Waals surface area contributed by atoms with E-state index in [2.05, 4.69) is 4.98 Å². The molecule has 0 saturated carbocycles. The maximum Gasteiger partial charge on any atom is 0.267 e. The molecule has 1 rings (SSSR count). The van der Waals surface area contributed by atoms with Gasteiger partial charge in [-0.2, -0.15) is 0 Å². The van der Waals surface area contributed by atoms with E-state index in [1.807, 2.05) is 0 Å². The third-order valence-corrected chi connectivity index (χ3v) is 1.35. The lowest BCUT2D eigenvalue weighted by molar-refractivity contribution is 0.0979. The van der Waals surface area contributed by atoms with Gasteiger partial charge in [-0.1, -0.05) is 0 Å². The quantitative estimate of drug-likeness (QED) is 0.763. The topological polar surface area (TPSA) is 56.0 Å². The van der Waals surface area contributed by atoms with Crippen LogP contribution in [-0.4, -0.2) is 10.9 Å². The van der Waals surface area contributed by atoms with Crippen LogP contribution in [0, 0.1) is 5.82 Å². The van der Waals surface area contributed by atoms with Gasteiger partial charge in [-0.15, -0.1) is 0 Å². The van der Waals surface area contributed by atoms with Crippen molar-refractivity contribution in [2.45, 2.75) is 6.43 Å². The average Bonchev–Trinajstić information content (AvgIpc) is 2.03. The summed E-state index contributed by atoms with van der Waals surface area (Å²) in [6, 6.07) is 0.539. The van der Waals surface area contributed by atoms with Gasteiger partial charge >= 0.3 is 0 Å². The lowest BCUT2D eigenvalue weighted by Crippen LogP contribution is -2.16. The average molecular weight is 190 g/mol. The molecule has 0 atom stereocenters. The van der Waals surface area contributed by atoms with Crippen molar-refractivity contribution < 1.29 is 18.0 Å². The zero-order chi connectivity index (χ0) is 10.0. The molecule has 0 aliphatic heterocycles. The van der Waals surface area contributed by atoms with Crippen LogP contribution < -0.4 is 5.73 Å². The summed E-state index contributed by atoms with van der Waals surface area (Å²) in [6.07, 6.45) is -2.31. The fraction of sp³-hybridized carbons (Fsp3) is 0.143. The second kappa shape index (κ2) is 3.42. The Morgan fingerprint density at radius 1 is 1.54 bits per heavy atom. The number of nitrogens with zero attached hydrogens (tertiary/aromatic N) is 1. The summed E-state index contributed by atoms with van der Waals surface area (Å²) in [5.74, 6) is -2.03. The molecule has 0 bridgehead atoms. The number of rotatable bonds is 2. The zero-order valence-electron chi connectivity index (χ0n) is 6.30. The number of halogens is 3. The molecule has 70 valence electrons. The van der Waals surface area contributed by atoms with Crippen molar-refractivity contribution in [3.8, 4) is 0 Å². The van der Waals surface area contributed by atoms with Gasteiger partial charge in [0.25, 0.3) is 12.3 Å². The minimum absolute atomic E-state index is 0.539. The van der Waals surface area contributed by atoms with Crippen LogP contribution in [0.1, 0.15) is 22.5 Å². The predicted molar refractivity (Wildman–Crippen MR) is 37.7 cm³/mol.